The summed E-state index contributed by atoms with van der Waals surface area (Å²) in [5, 5.41) is 0.743. The molecular weight excluding hydrogens is 334 g/mol. The first-order valence-corrected chi connectivity index (χ1v) is 9.17. The summed E-state index contributed by atoms with van der Waals surface area (Å²) in [7, 11) is 0. The third-order valence-corrected chi connectivity index (χ3v) is 4.76. The maximum Gasteiger partial charge on any atom is 0.223 e. The lowest BCUT2D eigenvalue weighted by atomic mass is 10.1. The van der Waals surface area contributed by atoms with Crippen molar-refractivity contribution in [3.8, 4) is 5.75 Å². The van der Waals surface area contributed by atoms with Gasteiger partial charge in [0.25, 0.3) is 0 Å². The standard InChI is InChI=1S/C21H24ClNO2/c1-15-6-11-20-18(12-15)14-23(13-16(2)25-20)21(24)5-3-4-17-7-9-19(22)10-8-17/h6-12,16H,3-5,13-14H2,1-2H3. The molecule has 0 saturated heterocycles. The molecule has 1 unspecified atom stereocenters. The van der Waals surface area contributed by atoms with E-state index in [1.807, 2.05) is 42.2 Å². The van der Waals surface area contributed by atoms with Gasteiger partial charge in [-0.2, -0.15) is 0 Å². The van der Waals surface area contributed by atoms with Crippen molar-refractivity contribution in [2.45, 2.75) is 45.8 Å². The van der Waals surface area contributed by atoms with Crippen LogP contribution in [0.4, 0.5) is 0 Å². The van der Waals surface area contributed by atoms with Crippen LogP contribution >= 0.6 is 11.6 Å². The van der Waals surface area contributed by atoms with Crippen molar-refractivity contribution in [2.24, 2.45) is 0 Å². The fourth-order valence-corrected chi connectivity index (χ4v) is 3.35. The van der Waals surface area contributed by atoms with Crippen LogP contribution < -0.4 is 4.74 Å². The smallest absolute Gasteiger partial charge is 0.223 e. The van der Waals surface area contributed by atoms with E-state index in [1.54, 1.807) is 0 Å². The Morgan fingerprint density at radius 1 is 1.24 bits per heavy atom. The molecule has 0 aromatic heterocycles. The summed E-state index contributed by atoms with van der Waals surface area (Å²) in [6, 6.07) is 14.0. The highest BCUT2D eigenvalue weighted by molar-refractivity contribution is 6.30. The van der Waals surface area contributed by atoms with Crippen LogP contribution in [0.2, 0.25) is 5.02 Å². The summed E-state index contributed by atoms with van der Waals surface area (Å²) >= 11 is 5.91. The lowest BCUT2D eigenvalue weighted by Gasteiger charge is -2.22. The van der Waals surface area contributed by atoms with Gasteiger partial charge in [-0.05, 0) is 50.5 Å². The fourth-order valence-electron chi connectivity index (χ4n) is 3.22. The molecule has 0 radical (unpaired) electrons. The number of hydrogen-bond acceptors (Lipinski definition) is 2. The number of benzene rings is 2. The quantitative estimate of drug-likeness (QED) is 0.788. The summed E-state index contributed by atoms with van der Waals surface area (Å²) in [6.45, 7) is 5.34. The van der Waals surface area contributed by atoms with Gasteiger partial charge in [-0.1, -0.05) is 41.4 Å². The Hall–Kier alpha value is -2.00. The first-order chi connectivity index (χ1) is 12.0. The van der Waals surface area contributed by atoms with Crippen molar-refractivity contribution in [1.29, 1.82) is 0 Å². The van der Waals surface area contributed by atoms with E-state index in [4.69, 9.17) is 16.3 Å². The Balaban J connectivity index is 1.60. The summed E-state index contributed by atoms with van der Waals surface area (Å²) in [5.41, 5.74) is 3.49. The third-order valence-electron chi connectivity index (χ3n) is 4.50. The predicted molar refractivity (Wildman–Crippen MR) is 101 cm³/mol. The molecule has 2 aromatic carbocycles. The molecule has 1 amide bonds. The maximum atomic E-state index is 12.7. The van der Waals surface area contributed by atoms with Gasteiger partial charge in [0.2, 0.25) is 5.91 Å². The number of carbonyl (C=O) groups excluding carboxylic acids is 1. The average molecular weight is 358 g/mol. The molecule has 2 aromatic rings. The van der Waals surface area contributed by atoms with Gasteiger partial charge in [0.05, 0.1) is 6.54 Å². The zero-order valence-electron chi connectivity index (χ0n) is 14.8. The average Bonchev–Trinajstić information content (AvgIpc) is 2.74. The molecule has 0 spiro atoms. The van der Waals surface area contributed by atoms with Crippen molar-refractivity contribution >= 4 is 17.5 Å². The van der Waals surface area contributed by atoms with Gasteiger partial charge in [-0.3, -0.25) is 4.79 Å². The summed E-state index contributed by atoms with van der Waals surface area (Å²) < 4.78 is 5.97. The van der Waals surface area contributed by atoms with E-state index in [0.717, 1.165) is 29.2 Å². The Kier molecular flexibility index (Phi) is 5.64. The normalized spacial score (nSPS) is 16.8. The zero-order chi connectivity index (χ0) is 17.8. The van der Waals surface area contributed by atoms with E-state index in [0.29, 0.717) is 19.5 Å². The molecule has 3 rings (SSSR count). The van der Waals surface area contributed by atoms with Crippen LogP contribution in [-0.4, -0.2) is 23.5 Å². The highest BCUT2D eigenvalue weighted by Crippen LogP contribution is 2.26. The monoisotopic (exact) mass is 357 g/mol. The summed E-state index contributed by atoms with van der Waals surface area (Å²) in [4.78, 5) is 14.6. The SMILES string of the molecule is Cc1ccc2c(c1)CN(C(=O)CCCc1ccc(Cl)cc1)CC(C)O2. The van der Waals surface area contributed by atoms with Crippen LogP contribution in [0, 0.1) is 6.92 Å². The second-order valence-corrected chi connectivity index (χ2v) is 7.23. The molecule has 1 aliphatic heterocycles. The molecular formula is C21H24ClNO2. The highest BCUT2D eigenvalue weighted by atomic mass is 35.5. The van der Waals surface area contributed by atoms with Gasteiger partial charge >= 0.3 is 0 Å². The Morgan fingerprint density at radius 2 is 2.00 bits per heavy atom. The molecule has 3 nitrogen and oxygen atoms in total. The van der Waals surface area contributed by atoms with Crippen LogP contribution in [0.5, 0.6) is 5.75 Å². The number of ether oxygens (including phenoxy) is 1. The minimum absolute atomic E-state index is 0.00386. The number of halogens is 1. The number of rotatable bonds is 4. The minimum atomic E-state index is 0.00386. The zero-order valence-corrected chi connectivity index (χ0v) is 15.6. The fraction of sp³-hybridized carbons (Fsp3) is 0.381. The van der Waals surface area contributed by atoms with Gasteiger partial charge in [-0.25, -0.2) is 0 Å². The van der Waals surface area contributed by atoms with Crippen LogP contribution in [-0.2, 0) is 17.8 Å². The summed E-state index contributed by atoms with van der Waals surface area (Å²) in [5.74, 6) is 1.09. The summed E-state index contributed by atoms with van der Waals surface area (Å²) in [6.07, 6.45) is 2.28. The van der Waals surface area contributed by atoms with E-state index < -0.39 is 0 Å². The van der Waals surface area contributed by atoms with Gasteiger partial charge in [0, 0.05) is 23.6 Å². The number of nitrogens with zero attached hydrogens (tertiary/aromatic N) is 1. The van der Waals surface area contributed by atoms with Crippen LogP contribution in [0.25, 0.3) is 0 Å². The Labute approximate surface area is 154 Å². The molecule has 0 aliphatic carbocycles. The molecule has 1 heterocycles. The van der Waals surface area contributed by atoms with E-state index in [1.165, 1.54) is 11.1 Å². The molecule has 0 bridgehead atoms. The van der Waals surface area contributed by atoms with Crippen molar-refractivity contribution in [3.63, 3.8) is 0 Å². The number of hydrogen-bond donors (Lipinski definition) is 0. The van der Waals surface area contributed by atoms with Crippen molar-refractivity contribution in [1.82, 2.24) is 4.90 Å². The number of aryl methyl sites for hydroxylation is 2. The molecule has 0 fully saturated rings. The number of amides is 1. The first-order valence-electron chi connectivity index (χ1n) is 8.79. The van der Waals surface area contributed by atoms with Crippen LogP contribution in [0.1, 0.15) is 36.5 Å². The minimum Gasteiger partial charge on any atom is -0.489 e. The van der Waals surface area contributed by atoms with Gasteiger partial charge in [0.1, 0.15) is 11.9 Å². The van der Waals surface area contributed by atoms with Crippen molar-refractivity contribution in [2.75, 3.05) is 6.54 Å². The third kappa shape index (κ3) is 4.76. The van der Waals surface area contributed by atoms with E-state index in [9.17, 15) is 4.79 Å². The molecule has 1 aliphatic rings. The predicted octanol–water partition coefficient (Wildman–Crippen LogP) is 4.78. The first kappa shape index (κ1) is 17.8. The van der Waals surface area contributed by atoms with E-state index in [2.05, 4.69) is 19.1 Å². The van der Waals surface area contributed by atoms with Crippen molar-refractivity contribution < 1.29 is 9.53 Å². The van der Waals surface area contributed by atoms with Gasteiger partial charge < -0.3 is 9.64 Å². The highest BCUT2D eigenvalue weighted by Gasteiger charge is 2.23. The second kappa shape index (κ2) is 7.92. The topological polar surface area (TPSA) is 29.5 Å². The van der Waals surface area contributed by atoms with E-state index in [-0.39, 0.29) is 12.0 Å². The maximum absolute atomic E-state index is 12.7. The Bertz CT molecular complexity index is 742. The second-order valence-electron chi connectivity index (χ2n) is 6.79. The van der Waals surface area contributed by atoms with Crippen LogP contribution in [0.3, 0.4) is 0 Å². The molecule has 25 heavy (non-hydrogen) atoms. The molecule has 132 valence electrons. The number of fused-ring (bicyclic) bond motifs is 1. The van der Waals surface area contributed by atoms with E-state index >= 15 is 0 Å². The lowest BCUT2D eigenvalue weighted by Crippen LogP contribution is -2.35. The van der Waals surface area contributed by atoms with Crippen LogP contribution in [0.15, 0.2) is 42.5 Å². The number of carbonyl (C=O) groups is 1. The molecule has 0 saturated carbocycles. The van der Waals surface area contributed by atoms with Crippen molar-refractivity contribution in [3.05, 3.63) is 64.2 Å². The van der Waals surface area contributed by atoms with Gasteiger partial charge in [-0.15, -0.1) is 0 Å². The molecule has 1 atom stereocenters. The molecule has 0 N–H and O–H groups in total. The Morgan fingerprint density at radius 3 is 2.76 bits per heavy atom. The lowest BCUT2D eigenvalue weighted by molar-refractivity contribution is -0.132. The largest absolute Gasteiger partial charge is 0.489 e. The van der Waals surface area contributed by atoms with Gasteiger partial charge in [0.15, 0.2) is 0 Å². The molecule has 4 heteroatoms.